The zero-order valence-corrected chi connectivity index (χ0v) is 10.9. The Morgan fingerprint density at radius 2 is 2.33 bits per heavy atom. The molecule has 0 bridgehead atoms. The van der Waals surface area contributed by atoms with E-state index in [0.29, 0.717) is 5.25 Å². The molecule has 3 heteroatoms. The third-order valence-electron chi connectivity index (χ3n) is 2.86. The normalized spacial score (nSPS) is 19.5. The minimum atomic E-state index is 0.684. The summed E-state index contributed by atoms with van der Waals surface area (Å²) in [6.45, 7) is 3.46. The molecule has 0 amide bonds. The maximum atomic E-state index is 3.68. The number of rotatable bonds is 5. The Bertz CT molecular complexity index is 265. The first-order valence-corrected chi connectivity index (χ1v) is 7.54. The fourth-order valence-corrected chi connectivity index (χ4v) is 4.10. The zero-order chi connectivity index (χ0) is 10.5. The summed E-state index contributed by atoms with van der Waals surface area (Å²) in [7, 11) is 0. The van der Waals surface area contributed by atoms with Crippen molar-refractivity contribution in [1.82, 2.24) is 5.32 Å². The fraction of sp³-hybridized carbons (Fsp3) is 0.667. The lowest BCUT2D eigenvalue weighted by atomic mass is 10.2. The standard InChI is InChI=1S/C12H19NS2/c1-10(15-12-7-4-8-14-12)9-13-11-5-2-3-6-11/h4,7-8,10-11,13H,2-3,5-6,9H2,1H3. The first-order chi connectivity index (χ1) is 7.34. The van der Waals surface area contributed by atoms with Crippen molar-refractivity contribution >= 4 is 23.1 Å². The van der Waals surface area contributed by atoms with Crippen LogP contribution >= 0.6 is 23.1 Å². The predicted octanol–water partition coefficient (Wildman–Crippen LogP) is 3.76. The maximum Gasteiger partial charge on any atom is 0.0601 e. The van der Waals surface area contributed by atoms with Crippen LogP contribution in [0.5, 0.6) is 0 Å². The molecule has 1 aromatic heterocycles. The molecular weight excluding hydrogens is 222 g/mol. The van der Waals surface area contributed by atoms with Gasteiger partial charge in [0.15, 0.2) is 0 Å². The average molecular weight is 241 g/mol. The van der Waals surface area contributed by atoms with E-state index < -0.39 is 0 Å². The highest BCUT2D eigenvalue weighted by molar-refractivity contribution is 8.01. The predicted molar refractivity (Wildman–Crippen MR) is 69.9 cm³/mol. The van der Waals surface area contributed by atoms with Gasteiger partial charge in [0.1, 0.15) is 0 Å². The summed E-state index contributed by atoms with van der Waals surface area (Å²) < 4.78 is 1.44. The van der Waals surface area contributed by atoms with Crippen molar-refractivity contribution in [3.63, 3.8) is 0 Å². The minimum Gasteiger partial charge on any atom is -0.313 e. The molecule has 1 nitrogen and oxygen atoms in total. The molecule has 1 saturated carbocycles. The Morgan fingerprint density at radius 3 is 3.00 bits per heavy atom. The third-order valence-corrected chi connectivity index (χ3v) is 5.04. The van der Waals surface area contributed by atoms with Crippen LogP contribution in [-0.4, -0.2) is 17.8 Å². The second-order valence-electron chi connectivity index (χ2n) is 4.25. The van der Waals surface area contributed by atoms with Gasteiger partial charge in [-0.2, -0.15) is 0 Å². The Kier molecular flexibility index (Phi) is 4.54. The van der Waals surface area contributed by atoms with Gasteiger partial charge in [-0.15, -0.1) is 23.1 Å². The van der Waals surface area contributed by atoms with E-state index in [9.17, 15) is 0 Å². The Hall–Kier alpha value is 0.01000. The summed E-state index contributed by atoms with van der Waals surface area (Å²) in [4.78, 5) is 0. The molecule has 0 aromatic carbocycles. The van der Waals surface area contributed by atoms with Crippen molar-refractivity contribution in [3.05, 3.63) is 17.5 Å². The summed E-state index contributed by atoms with van der Waals surface area (Å²) in [6, 6.07) is 5.14. The number of hydrogen-bond acceptors (Lipinski definition) is 3. The Balaban J connectivity index is 1.66. The molecule has 1 aliphatic carbocycles. The summed E-state index contributed by atoms with van der Waals surface area (Å²) in [5.41, 5.74) is 0. The molecule has 1 aromatic rings. The van der Waals surface area contributed by atoms with E-state index in [0.717, 1.165) is 12.6 Å². The van der Waals surface area contributed by atoms with E-state index in [2.05, 4.69) is 29.8 Å². The van der Waals surface area contributed by atoms with Crippen molar-refractivity contribution < 1.29 is 0 Å². The van der Waals surface area contributed by atoms with Crippen LogP contribution in [0, 0.1) is 0 Å². The van der Waals surface area contributed by atoms with Crippen molar-refractivity contribution in [1.29, 1.82) is 0 Å². The van der Waals surface area contributed by atoms with Gasteiger partial charge in [0.25, 0.3) is 0 Å². The van der Waals surface area contributed by atoms with Gasteiger partial charge < -0.3 is 5.32 Å². The molecule has 15 heavy (non-hydrogen) atoms. The highest BCUT2D eigenvalue weighted by Gasteiger charge is 2.15. The van der Waals surface area contributed by atoms with Crippen LogP contribution in [0.25, 0.3) is 0 Å². The van der Waals surface area contributed by atoms with E-state index in [1.165, 1.54) is 29.9 Å². The quantitative estimate of drug-likeness (QED) is 0.788. The Labute approximate surface area is 101 Å². The molecule has 0 aliphatic heterocycles. The van der Waals surface area contributed by atoms with E-state index in [1.807, 2.05) is 23.1 Å². The van der Waals surface area contributed by atoms with E-state index in [4.69, 9.17) is 0 Å². The van der Waals surface area contributed by atoms with Crippen LogP contribution in [0.3, 0.4) is 0 Å². The SMILES string of the molecule is CC(CNC1CCCC1)Sc1cccs1. The van der Waals surface area contributed by atoms with Crippen LogP contribution in [-0.2, 0) is 0 Å². The van der Waals surface area contributed by atoms with Crippen molar-refractivity contribution in [2.45, 2.75) is 48.1 Å². The van der Waals surface area contributed by atoms with Gasteiger partial charge in [0, 0.05) is 17.8 Å². The number of hydrogen-bond donors (Lipinski definition) is 1. The van der Waals surface area contributed by atoms with Crippen LogP contribution in [0.4, 0.5) is 0 Å². The molecule has 1 unspecified atom stereocenters. The molecule has 1 atom stereocenters. The summed E-state index contributed by atoms with van der Waals surface area (Å²) in [6.07, 6.45) is 5.61. The second-order valence-corrected chi connectivity index (χ2v) is 6.94. The number of thioether (sulfide) groups is 1. The molecular formula is C12H19NS2. The average Bonchev–Trinajstić information content (AvgIpc) is 2.86. The number of thiophene rings is 1. The van der Waals surface area contributed by atoms with Crippen molar-refractivity contribution in [2.24, 2.45) is 0 Å². The van der Waals surface area contributed by atoms with Crippen LogP contribution in [0.1, 0.15) is 32.6 Å². The van der Waals surface area contributed by atoms with E-state index in [-0.39, 0.29) is 0 Å². The van der Waals surface area contributed by atoms with Gasteiger partial charge in [0.05, 0.1) is 4.21 Å². The molecule has 1 heterocycles. The lowest BCUT2D eigenvalue weighted by Gasteiger charge is -2.15. The minimum absolute atomic E-state index is 0.684. The molecule has 0 saturated heterocycles. The summed E-state index contributed by atoms with van der Waals surface area (Å²) in [5.74, 6) is 0. The maximum absolute atomic E-state index is 3.68. The molecule has 0 spiro atoms. The molecule has 84 valence electrons. The van der Waals surface area contributed by atoms with Gasteiger partial charge in [0.2, 0.25) is 0 Å². The Morgan fingerprint density at radius 1 is 1.53 bits per heavy atom. The largest absolute Gasteiger partial charge is 0.313 e. The van der Waals surface area contributed by atoms with Gasteiger partial charge in [-0.1, -0.05) is 25.8 Å². The highest BCUT2D eigenvalue weighted by atomic mass is 32.2. The molecule has 0 radical (unpaired) electrons. The highest BCUT2D eigenvalue weighted by Crippen LogP contribution is 2.27. The summed E-state index contributed by atoms with van der Waals surface area (Å²) in [5, 5.41) is 6.51. The first-order valence-electron chi connectivity index (χ1n) is 5.78. The lowest BCUT2D eigenvalue weighted by Crippen LogP contribution is -2.31. The zero-order valence-electron chi connectivity index (χ0n) is 9.24. The van der Waals surface area contributed by atoms with Crippen LogP contribution in [0.15, 0.2) is 21.7 Å². The van der Waals surface area contributed by atoms with Crippen LogP contribution < -0.4 is 5.32 Å². The molecule has 1 N–H and O–H groups in total. The van der Waals surface area contributed by atoms with Crippen LogP contribution in [0.2, 0.25) is 0 Å². The fourth-order valence-electron chi connectivity index (χ4n) is 2.03. The van der Waals surface area contributed by atoms with Crippen molar-refractivity contribution in [2.75, 3.05) is 6.54 Å². The monoisotopic (exact) mass is 241 g/mol. The molecule has 1 aliphatic rings. The third kappa shape index (κ3) is 3.82. The molecule has 1 fully saturated rings. The van der Waals surface area contributed by atoms with E-state index in [1.54, 1.807) is 0 Å². The van der Waals surface area contributed by atoms with Gasteiger partial charge in [-0.3, -0.25) is 0 Å². The molecule has 2 rings (SSSR count). The van der Waals surface area contributed by atoms with Gasteiger partial charge in [-0.25, -0.2) is 0 Å². The first kappa shape index (κ1) is 11.5. The topological polar surface area (TPSA) is 12.0 Å². The van der Waals surface area contributed by atoms with E-state index >= 15 is 0 Å². The second kappa shape index (κ2) is 5.92. The summed E-state index contributed by atoms with van der Waals surface area (Å²) >= 11 is 3.83. The smallest absolute Gasteiger partial charge is 0.0601 e. The lowest BCUT2D eigenvalue weighted by molar-refractivity contribution is 0.527. The van der Waals surface area contributed by atoms with Gasteiger partial charge in [-0.05, 0) is 24.3 Å². The number of nitrogens with one attached hydrogen (secondary N) is 1. The van der Waals surface area contributed by atoms with Crippen molar-refractivity contribution in [3.8, 4) is 0 Å². The van der Waals surface area contributed by atoms with Gasteiger partial charge >= 0.3 is 0 Å².